The molecule has 2 rings (SSSR count). The van der Waals surface area contributed by atoms with Crippen LogP contribution in [-0.4, -0.2) is 29.1 Å². The van der Waals surface area contributed by atoms with E-state index in [1.165, 1.54) is 19.0 Å². The minimum Gasteiger partial charge on any atom is -0.361 e. The molecule has 0 unspecified atom stereocenters. The number of carbonyl (C=O) groups excluding carboxylic acids is 1. The van der Waals surface area contributed by atoms with Gasteiger partial charge in [0.15, 0.2) is 0 Å². The molecular formula is C12H14N2O2. The summed E-state index contributed by atoms with van der Waals surface area (Å²) >= 11 is 0. The van der Waals surface area contributed by atoms with Crippen molar-refractivity contribution in [2.45, 2.75) is 19.8 Å². The molecule has 16 heavy (non-hydrogen) atoms. The van der Waals surface area contributed by atoms with Gasteiger partial charge < -0.3 is 9.42 Å². The SMILES string of the molecule is C#CCN(CC1CC1)C(=O)c1cnoc1C. The third kappa shape index (κ3) is 2.25. The Balaban J connectivity index is 2.10. The van der Waals surface area contributed by atoms with Crippen LogP contribution in [0.5, 0.6) is 0 Å². The molecule has 4 nitrogen and oxygen atoms in total. The van der Waals surface area contributed by atoms with E-state index in [0.29, 0.717) is 23.8 Å². The van der Waals surface area contributed by atoms with E-state index in [2.05, 4.69) is 11.1 Å². The maximum atomic E-state index is 12.1. The first-order chi connectivity index (χ1) is 7.72. The van der Waals surface area contributed by atoms with Crippen LogP contribution in [0.4, 0.5) is 0 Å². The van der Waals surface area contributed by atoms with E-state index >= 15 is 0 Å². The van der Waals surface area contributed by atoms with E-state index in [-0.39, 0.29) is 5.91 Å². The zero-order chi connectivity index (χ0) is 11.5. The van der Waals surface area contributed by atoms with Crippen molar-refractivity contribution in [2.75, 3.05) is 13.1 Å². The molecule has 1 aliphatic rings. The summed E-state index contributed by atoms with van der Waals surface area (Å²) in [5.74, 6) is 3.60. The van der Waals surface area contributed by atoms with Crippen molar-refractivity contribution in [1.29, 1.82) is 0 Å². The number of aryl methyl sites for hydroxylation is 1. The number of hydrogen-bond donors (Lipinski definition) is 0. The molecule has 84 valence electrons. The molecule has 1 aliphatic carbocycles. The highest BCUT2D eigenvalue weighted by Crippen LogP contribution is 2.30. The molecule has 1 aromatic heterocycles. The average molecular weight is 218 g/mol. The molecular weight excluding hydrogens is 204 g/mol. The maximum Gasteiger partial charge on any atom is 0.259 e. The molecule has 0 spiro atoms. The number of carbonyl (C=O) groups is 1. The van der Waals surface area contributed by atoms with Gasteiger partial charge >= 0.3 is 0 Å². The largest absolute Gasteiger partial charge is 0.361 e. The second-order valence-corrected chi connectivity index (χ2v) is 4.13. The summed E-state index contributed by atoms with van der Waals surface area (Å²) in [5, 5.41) is 3.61. The summed E-state index contributed by atoms with van der Waals surface area (Å²) in [7, 11) is 0. The lowest BCUT2D eigenvalue weighted by molar-refractivity contribution is 0.0768. The maximum absolute atomic E-state index is 12.1. The van der Waals surface area contributed by atoms with Crippen LogP contribution in [0.25, 0.3) is 0 Å². The minimum atomic E-state index is -0.0800. The van der Waals surface area contributed by atoms with Crippen molar-refractivity contribution < 1.29 is 9.32 Å². The van der Waals surface area contributed by atoms with Gasteiger partial charge in [0.05, 0.1) is 12.7 Å². The van der Waals surface area contributed by atoms with Crippen LogP contribution < -0.4 is 0 Å². The van der Waals surface area contributed by atoms with Crippen molar-refractivity contribution in [3.63, 3.8) is 0 Å². The third-order valence-corrected chi connectivity index (χ3v) is 2.73. The van der Waals surface area contributed by atoms with Crippen LogP contribution >= 0.6 is 0 Å². The first-order valence-corrected chi connectivity index (χ1v) is 5.36. The first kappa shape index (κ1) is 10.7. The minimum absolute atomic E-state index is 0.0800. The number of hydrogen-bond acceptors (Lipinski definition) is 3. The Morgan fingerprint density at radius 3 is 3.00 bits per heavy atom. The summed E-state index contributed by atoms with van der Waals surface area (Å²) < 4.78 is 4.89. The molecule has 1 saturated carbocycles. The summed E-state index contributed by atoms with van der Waals surface area (Å²) in [6, 6.07) is 0. The van der Waals surface area contributed by atoms with Gasteiger partial charge in [-0.15, -0.1) is 6.42 Å². The number of rotatable bonds is 4. The van der Waals surface area contributed by atoms with Gasteiger partial charge in [-0.05, 0) is 25.7 Å². The molecule has 0 N–H and O–H groups in total. The summed E-state index contributed by atoms with van der Waals surface area (Å²) in [5.41, 5.74) is 0.510. The van der Waals surface area contributed by atoms with Gasteiger partial charge in [0.25, 0.3) is 5.91 Å². The van der Waals surface area contributed by atoms with E-state index < -0.39 is 0 Å². The topological polar surface area (TPSA) is 46.3 Å². The molecule has 0 radical (unpaired) electrons. The van der Waals surface area contributed by atoms with Crippen molar-refractivity contribution in [1.82, 2.24) is 10.1 Å². The van der Waals surface area contributed by atoms with Gasteiger partial charge in [-0.2, -0.15) is 0 Å². The highest BCUT2D eigenvalue weighted by Gasteiger charge is 2.28. The molecule has 1 amide bonds. The number of nitrogens with zero attached hydrogens (tertiary/aromatic N) is 2. The monoisotopic (exact) mass is 218 g/mol. The molecule has 0 saturated heterocycles. The second-order valence-electron chi connectivity index (χ2n) is 4.13. The van der Waals surface area contributed by atoms with Gasteiger partial charge in [0.2, 0.25) is 0 Å². The van der Waals surface area contributed by atoms with E-state index in [4.69, 9.17) is 10.9 Å². The molecule has 4 heteroatoms. The lowest BCUT2D eigenvalue weighted by Gasteiger charge is -2.19. The molecule has 1 aromatic rings. The lowest BCUT2D eigenvalue weighted by atomic mass is 10.2. The third-order valence-electron chi connectivity index (χ3n) is 2.73. The quantitative estimate of drug-likeness (QED) is 0.719. The predicted molar refractivity (Wildman–Crippen MR) is 58.7 cm³/mol. The van der Waals surface area contributed by atoms with Gasteiger partial charge in [0, 0.05) is 6.54 Å². The molecule has 0 aliphatic heterocycles. The summed E-state index contributed by atoms with van der Waals surface area (Å²) in [4.78, 5) is 13.8. The zero-order valence-electron chi connectivity index (χ0n) is 9.27. The number of amides is 1. The molecule has 0 aromatic carbocycles. The van der Waals surface area contributed by atoms with Crippen LogP contribution in [-0.2, 0) is 0 Å². The molecule has 1 heterocycles. The Bertz CT molecular complexity index is 426. The Morgan fingerprint density at radius 2 is 2.50 bits per heavy atom. The van der Waals surface area contributed by atoms with E-state index in [1.807, 2.05) is 0 Å². The molecule has 0 bridgehead atoms. The average Bonchev–Trinajstić information content (AvgIpc) is 2.98. The lowest BCUT2D eigenvalue weighted by Crippen LogP contribution is -2.33. The standard InChI is InChI=1S/C12H14N2O2/c1-3-6-14(8-10-4-5-10)12(15)11-7-13-16-9(11)2/h1,7,10H,4-6,8H2,2H3. The fourth-order valence-electron chi connectivity index (χ4n) is 1.62. The highest BCUT2D eigenvalue weighted by molar-refractivity contribution is 5.94. The fourth-order valence-corrected chi connectivity index (χ4v) is 1.62. The smallest absolute Gasteiger partial charge is 0.259 e. The van der Waals surface area contributed by atoms with Gasteiger partial charge in [0.1, 0.15) is 11.3 Å². The van der Waals surface area contributed by atoms with Crippen molar-refractivity contribution in [3.05, 3.63) is 17.5 Å². The number of aromatic nitrogens is 1. The van der Waals surface area contributed by atoms with Gasteiger partial charge in [-0.3, -0.25) is 4.79 Å². The van der Waals surface area contributed by atoms with Crippen LogP contribution in [0, 0.1) is 25.2 Å². The second kappa shape index (κ2) is 4.40. The van der Waals surface area contributed by atoms with Crippen LogP contribution in [0.2, 0.25) is 0 Å². The van der Waals surface area contributed by atoms with Crippen molar-refractivity contribution in [2.24, 2.45) is 5.92 Å². The fraction of sp³-hybridized carbons (Fsp3) is 0.500. The van der Waals surface area contributed by atoms with Crippen molar-refractivity contribution >= 4 is 5.91 Å². The van der Waals surface area contributed by atoms with Crippen LogP contribution in [0.1, 0.15) is 29.0 Å². The summed E-state index contributed by atoms with van der Waals surface area (Å²) in [6.45, 7) is 2.82. The van der Waals surface area contributed by atoms with E-state index in [0.717, 1.165) is 6.54 Å². The van der Waals surface area contributed by atoms with Gasteiger partial charge in [-0.25, -0.2) is 0 Å². The Labute approximate surface area is 94.6 Å². The Morgan fingerprint density at radius 1 is 1.75 bits per heavy atom. The Hall–Kier alpha value is -1.76. The highest BCUT2D eigenvalue weighted by atomic mass is 16.5. The molecule has 1 fully saturated rings. The zero-order valence-corrected chi connectivity index (χ0v) is 9.27. The predicted octanol–water partition coefficient (Wildman–Crippen LogP) is 1.47. The van der Waals surface area contributed by atoms with E-state index in [1.54, 1.807) is 11.8 Å². The van der Waals surface area contributed by atoms with Crippen LogP contribution in [0.3, 0.4) is 0 Å². The molecule has 0 atom stereocenters. The van der Waals surface area contributed by atoms with Crippen LogP contribution in [0.15, 0.2) is 10.7 Å². The van der Waals surface area contributed by atoms with E-state index in [9.17, 15) is 4.79 Å². The van der Waals surface area contributed by atoms with Crippen molar-refractivity contribution in [3.8, 4) is 12.3 Å². The number of terminal acetylenes is 1. The normalized spacial score (nSPS) is 14.5. The van der Waals surface area contributed by atoms with Gasteiger partial charge in [-0.1, -0.05) is 11.1 Å². The summed E-state index contributed by atoms with van der Waals surface area (Å²) in [6.07, 6.45) is 9.11. The first-order valence-electron chi connectivity index (χ1n) is 5.36. The Kier molecular flexibility index (Phi) is 2.95.